The molecular weight excluding hydrogens is 373 g/mol. The fourth-order valence-electron chi connectivity index (χ4n) is 3.99. The summed E-state index contributed by atoms with van der Waals surface area (Å²) in [5, 5.41) is 3.57. The summed E-state index contributed by atoms with van der Waals surface area (Å²) in [5.74, 6) is 9.47. The Kier molecular flexibility index (Phi) is 4.86. The second kappa shape index (κ2) is 6.79. The Hall–Kier alpha value is -1.02. The summed E-state index contributed by atoms with van der Waals surface area (Å²) in [6, 6.07) is 5.27. The molecule has 3 fully saturated rings. The van der Waals surface area contributed by atoms with E-state index >= 15 is 0 Å². The highest BCUT2D eigenvalue weighted by molar-refractivity contribution is 8.28. The maximum absolute atomic E-state index is 12.8. The molecule has 1 aromatic carbocycles. The monoisotopic (exact) mass is 400 g/mol. The van der Waals surface area contributed by atoms with Gasteiger partial charge in [-0.1, -0.05) is 11.7 Å². The van der Waals surface area contributed by atoms with Gasteiger partial charge in [0.15, 0.2) is 0 Å². The summed E-state index contributed by atoms with van der Waals surface area (Å²) in [6.07, 6.45) is 0.255. The lowest BCUT2D eigenvalue weighted by Gasteiger charge is -2.39. The molecule has 1 atom stereocenters. The molecule has 0 amide bonds. The standard InChI is InChI=1S/C20H27F3N2OS/c1-27(2,17-7-5-16(6-8-17)20(21,22)23)18-14-26-19(24-18)9-11-25(12-10-19)13-15-3-4-15/h5-8,15,18,24H,1-4,9-14H2. The zero-order valence-corrected chi connectivity index (χ0v) is 16.2. The maximum atomic E-state index is 12.8. The van der Waals surface area contributed by atoms with Crippen LogP contribution in [0.3, 0.4) is 0 Å². The van der Waals surface area contributed by atoms with Crippen molar-refractivity contribution in [1.82, 2.24) is 10.2 Å². The van der Waals surface area contributed by atoms with Gasteiger partial charge in [0.1, 0.15) is 5.72 Å². The van der Waals surface area contributed by atoms with Gasteiger partial charge in [0.2, 0.25) is 0 Å². The van der Waals surface area contributed by atoms with Crippen LogP contribution in [0.5, 0.6) is 0 Å². The molecule has 4 rings (SSSR count). The van der Waals surface area contributed by atoms with Crippen molar-refractivity contribution >= 4 is 20.9 Å². The van der Waals surface area contributed by atoms with Crippen LogP contribution in [0.2, 0.25) is 0 Å². The molecule has 1 aromatic rings. The number of hydrogen-bond acceptors (Lipinski definition) is 3. The van der Waals surface area contributed by atoms with Crippen molar-refractivity contribution < 1.29 is 17.9 Å². The van der Waals surface area contributed by atoms with E-state index in [0.717, 1.165) is 48.9 Å². The predicted octanol–water partition coefficient (Wildman–Crippen LogP) is 3.88. The third-order valence-electron chi connectivity index (χ3n) is 6.01. The first-order valence-electron chi connectivity index (χ1n) is 9.48. The Labute approximate surface area is 159 Å². The van der Waals surface area contributed by atoms with Gasteiger partial charge in [0.25, 0.3) is 0 Å². The quantitative estimate of drug-likeness (QED) is 0.777. The van der Waals surface area contributed by atoms with Gasteiger partial charge in [-0.05, 0) is 47.9 Å². The van der Waals surface area contributed by atoms with Crippen molar-refractivity contribution in [3.8, 4) is 0 Å². The zero-order valence-electron chi connectivity index (χ0n) is 15.4. The number of hydrogen-bond donors (Lipinski definition) is 1. The molecule has 2 saturated heterocycles. The van der Waals surface area contributed by atoms with Gasteiger partial charge in [-0.15, -0.1) is 0 Å². The lowest BCUT2D eigenvalue weighted by Crippen LogP contribution is -2.52. The first-order chi connectivity index (χ1) is 12.7. The summed E-state index contributed by atoms with van der Waals surface area (Å²) >= 11 is 0. The van der Waals surface area contributed by atoms with Gasteiger partial charge >= 0.3 is 6.18 Å². The summed E-state index contributed by atoms with van der Waals surface area (Å²) in [6.45, 7) is 3.75. The van der Waals surface area contributed by atoms with Crippen LogP contribution in [0.25, 0.3) is 0 Å². The molecule has 0 bridgehead atoms. The maximum Gasteiger partial charge on any atom is 0.416 e. The first-order valence-corrected chi connectivity index (χ1v) is 11.5. The van der Waals surface area contributed by atoms with Crippen molar-refractivity contribution in [3.05, 3.63) is 29.8 Å². The van der Waals surface area contributed by atoms with Gasteiger partial charge < -0.3 is 9.64 Å². The summed E-state index contributed by atoms with van der Waals surface area (Å²) in [4.78, 5) is 3.28. The third-order valence-corrected chi connectivity index (χ3v) is 8.56. The highest BCUT2D eigenvalue weighted by Crippen LogP contribution is 2.43. The van der Waals surface area contributed by atoms with Crippen molar-refractivity contribution in [2.24, 2.45) is 5.92 Å². The minimum absolute atomic E-state index is 0.0516. The smallest absolute Gasteiger partial charge is 0.358 e. The molecule has 0 aromatic heterocycles. The number of halogens is 3. The highest BCUT2D eigenvalue weighted by atomic mass is 32.2. The van der Waals surface area contributed by atoms with E-state index < -0.39 is 20.9 Å². The number of nitrogens with one attached hydrogen (secondary N) is 1. The minimum atomic E-state index is -4.33. The fourth-order valence-corrected chi connectivity index (χ4v) is 5.76. The van der Waals surface area contributed by atoms with Crippen LogP contribution in [-0.2, 0) is 10.9 Å². The van der Waals surface area contributed by atoms with E-state index in [2.05, 4.69) is 22.0 Å². The fraction of sp³-hybridized carbons (Fsp3) is 0.600. The van der Waals surface area contributed by atoms with Crippen LogP contribution in [0, 0.1) is 5.92 Å². The number of alkyl halides is 3. The average Bonchev–Trinajstić information content (AvgIpc) is 3.35. The molecule has 2 heterocycles. The van der Waals surface area contributed by atoms with Crippen molar-refractivity contribution in [2.75, 3.05) is 26.2 Å². The molecule has 1 N–H and O–H groups in total. The number of nitrogens with zero attached hydrogens (tertiary/aromatic N) is 1. The molecule has 27 heavy (non-hydrogen) atoms. The number of benzene rings is 1. The van der Waals surface area contributed by atoms with Gasteiger partial charge in [0.05, 0.1) is 17.5 Å². The van der Waals surface area contributed by atoms with Crippen molar-refractivity contribution in [2.45, 2.75) is 47.9 Å². The number of piperidine rings is 1. The Balaban J connectivity index is 1.41. The van der Waals surface area contributed by atoms with Crippen LogP contribution >= 0.6 is 9.21 Å². The minimum Gasteiger partial charge on any atom is -0.358 e. The topological polar surface area (TPSA) is 24.5 Å². The van der Waals surface area contributed by atoms with E-state index in [9.17, 15) is 13.2 Å². The average molecular weight is 401 g/mol. The first kappa shape index (κ1) is 19.3. The molecule has 1 aliphatic carbocycles. The Morgan fingerprint density at radius 3 is 2.33 bits per heavy atom. The van der Waals surface area contributed by atoms with E-state index in [0.29, 0.717) is 6.61 Å². The summed E-state index contributed by atoms with van der Waals surface area (Å²) < 4.78 is 44.6. The molecule has 0 radical (unpaired) electrons. The molecule has 3 aliphatic rings. The third kappa shape index (κ3) is 4.06. The molecule has 2 aliphatic heterocycles. The SMILES string of the molecule is C=S(=C)(c1ccc(C(F)(F)F)cc1)C1COC2(CCN(CC3CC3)CC2)N1. The summed E-state index contributed by atoms with van der Waals surface area (Å²) in [7, 11) is -1.82. The molecule has 1 unspecified atom stereocenters. The van der Waals surface area contributed by atoms with Crippen molar-refractivity contribution in [3.63, 3.8) is 0 Å². The molecule has 1 saturated carbocycles. The number of rotatable bonds is 4. The molecule has 7 heteroatoms. The lowest BCUT2D eigenvalue weighted by atomic mass is 10.0. The van der Waals surface area contributed by atoms with Crippen LogP contribution in [0.4, 0.5) is 13.2 Å². The van der Waals surface area contributed by atoms with Crippen LogP contribution in [0.1, 0.15) is 31.2 Å². The van der Waals surface area contributed by atoms with E-state index in [1.807, 2.05) is 0 Å². The normalized spacial score (nSPS) is 26.6. The Morgan fingerprint density at radius 1 is 1.15 bits per heavy atom. The van der Waals surface area contributed by atoms with Gasteiger partial charge in [-0.2, -0.15) is 22.4 Å². The predicted molar refractivity (Wildman–Crippen MR) is 106 cm³/mol. The molecule has 3 nitrogen and oxygen atoms in total. The van der Waals surface area contributed by atoms with E-state index in [1.54, 1.807) is 0 Å². The van der Waals surface area contributed by atoms with Gasteiger partial charge in [-0.3, -0.25) is 5.32 Å². The van der Waals surface area contributed by atoms with E-state index in [-0.39, 0.29) is 11.1 Å². The van der Waals surface area contributed by atoms with Gasteiger partial charge in [0, 0.05) is 32.5 Å². The van der Waals surface area contributed by atoms with E-state index in [4.69, 9.17) is 4.74 Å². The van der Waals surface area contributed by atoms with Gasteiger partial charge in [-0.25, -0.2) is 0 Å². The second-order valence-electron chi connectivity index (χ2n) is 8.15. The largest absolute Gasteiger partial charge is 0.416 e. The molecular formula is C20H27F3N2OS. The highest BCUT2D eigenvalue weighted by Gasteiger charge is 2.44. The van der Waals surface area contributed by atoms with Crippen molar-refractivity contribution in [1.29, 1.82) is 0 Å². The lowest BCUT2D eigenvalue weighted by molar-refractivity contribution is -0.137. The summed E-state index contributed by atoms with van der Waals surface area (Å²) in [5.41, 5.74) is -0.971. The zero-order chi connectivity index (χ0) is 19.3. The van der Waals surface area contributed by atoms with Crippen LogP contribution in [-0.4, -0.2) is 54.0 Å². The van der Waals surface area contributed by atoms with Crippen LogP contribution < -0.4 is 5.32 Å². The number of likely N-dealkylation sites (tertiary alicyclic amines) is 1. The molecule has 1 spiro atoms. The second-order valence-corrected chi connectivity index (χ2v) is 11.1. The molecule has 150 valence electrons. The Morgan fingerprint density at radius 2 is 1.78 bits per heavy atom. The number of ether oxygens (including phenoxy) is 1. The van der Waals surface area contributed by atoms with E-state index in [1.165, 1.54) is 31.5 Å². The van der Waals surface area contributed by atoms with Crippen LogP contribution in [0.15, 0.2) is 29.2 Å². The Bertz CT molecular complexity index is 776.